The number of hydrogen-bond donors (Lipinski definition) is 1. The van der Waals surface area contributed by atoms with E-state index < -0.39 is 0 Å². The second-order valence-electron chi connectivity index (χ2n) is 4.63. The lowest BCUT2D eigenvalue weighted by molar-refractivity contribution is 0.0859. The average Bonchev–Trinajstić information content (AvgIpc) is 2.89. The number of pyridine rings is 1. The predicted octanol–water partition coefficient (Wildman–Crippen LogP) is 1.26. The van der Waals surface area contributed by atoms with Crippen LogP contribution in [-0.4, -0.2) is 29.4 Å². The molecule has 5 nitrogen and oxygen atoms in total. The summed E-state index contributed by atoms with van der Waals surface area (Å²) in [4.78, 5) is 11.8. The summed E-state index contributed by atoms with van der Waals surface area (Å²) >= 11 is 0. The molecule has 0 saturated carbocycles. The third-order valence-electron chi connectivity index (χ3n) is 3.19. The normalized spacial score (nSPS) is 17.3. The quantitative estimate of drug-likeness (QED) is 0.671. The summed E-state index contributed by atoms with van der Waals surface area (Å²) in [5.41, 5.74) is 2.01. The molecule has 2 radical (unpaired) electrons. The minimum Gasteiger partial charge on any atom is -0.485 e. The van der Waals surface area contributed by atoms with Gasteiger partial charge in [-0.3, -0.25) is 0 Å². The van der Waals surface area contributed by atoms with Crippen LogP contribution in [0.3, 0.4) is 0 Å². The monoisotopic (exact) mass is 263 g/mol. The highest BCUT2D eigenvalue weighted by atomic mass is 16.6. The van der Waals surface area contributed by atoms with Crippen LogP contribution in [0, 0.1) is 0 Å². The van der Waals surface area contributed by atoms with E-state index in [4.69, 9.17) is 17.3 Å². The molecular formula is C14H10BN3O2. The van der Waals surface area contributed by atoms with Crippen LogP contribution in [0.4, 0.5) is 0 Å². The lowest BCUT2D eigenvalue weighted by Gasteiger charge is -2.24. The summed E-state index contributed by atoms with van der Waals surface area (Å²) in [6.07, 6.45) is 1.31. The van der Waals surface area contributed by atoms with Crippen LogP contribution in [0.1, 0.15) is 11.9 Å². The number of aromatic nitrogens is 3. The summed E-state index contributed by atoms with van der Waals surface area (Å²) in [5.74, 6) is 2.16. The van der Waals surface area contributed by atoms with Crippen molar-refractivity contribution in [3.05, 3.63) is 42.4 Å². The Bertz CT molecular complexity index is 787. The summed E-state index contributed by atoms with van der Waals surface area (Å²) in [6.45, 7) is 0.409. The highest BCUT2D eigenvalue weighted by molar-refractivity contribution is 6.32. The zero-order valence-corrected chi connectivity index (χ0v) is 10.5. The molecule has 0 amide bonds. The number of ether oxygens (including phenoxy) is 2. The maximum atomic E-state index is 5.90. The molecule has 20 heavy (non-hydrogen) atoms. The van der Waals surface area contributed by atoms with Crippen molar-refractivity contribution in [1.82, 2.24) is 15.0 Å². The second kappa shape index (κ2) is 4.26. The van der Waals surface area contributed by atoms with Crippen molar-refractivity contribution in [2.75, 3.05) is 6.61 Å². The Morgan fingerprint density at radius 1 is 1.25 bits per heavy atom. The summed E-state index contributed by atoms with van der Waals surface area (Å²) in [6, 6.07) is 9.38. The highest BCUT2D eigenvalue weighted by Crippen LogP contribution is 2.35. The molecule has 1 aliphatic heterocycles. The molecule has 1 unspecified atom stereocenters. The van der Waals surface area contributed by atoms with Gasteiger partial charge in [0.1, 0.15) is 14.5 Å². The van der Waals surface area contributed by atoms with Crippen molar-refractivity contribution in [1.29, 1.82) is 0 Å². The van der Waals surface area contributed by atoms with E-state index in [1.54, 1.807) is 12.3 Å². The lowest BCUT2D eigenvalue weighted by atomic mass is 9.99. The first-order valence-electron chi connectivity index (χ1n) is 6.29. The first kappa shape index (κ1) is 11.3. The van der Waals surface area contributed by atoms with Gasteiger partial charge >= 0.3 is 0 Å². The van der Waals surface area contributed by atoms with Crippen LogP contribution in [0.15, 0.2) is 36.5 Å². The van der Waals surface area contributed by atoms with Gasteiger partial charge in [-0.1, -0.05) is 17.6 Å². The highest BCUT2D eigenvalue weighted by Gasteiger charge is 2.25. The Morgan fingerprint density at radius 3 is 3.00 bits per heavy atom. The molecule has 1 atom stereocenters. The minimum absolute atomic E-state index is 0.277. The molecule has 0 aliphatic carbocycles. The van der Waals surface area contributed by atoms with Crippen LogP contribution in [0.25, 0.3) is 11.2 Å². The van der Waals surface area contributed by atoms with E-state index in [9.17, 15) is 0 Å². The number of hydrogen-bond acceptors (Lipinski definition) is 4. The summed E-state index contributed by atoms with van der Waals surface area (Å²) in [7, 11) is 5.71. The van der Waals surface area contributed by atoms with E-state index in [2.05, 4.69) is 15.0 Å². The standard InChI is InChI=1S/C14H10BN3O2/c15-8-5-9-13(16-6-8)18-14(17-9)12-7-19-10-3-1-2-4-11(10)20-12/h1-6,12H,7H2,(H,16,17,18). The van der Waals surface area contributed by atoms with Crippen molar-refractivity contribution >= 4 is 24.5 Å². The maximum Gasteiger partial charge on any atom is 0.190 e. The van der Waals surface area contributed by atoms with Gasteiger partial charge in [-0.2, -0.15) is 0 Å². The Balaban J connectivity index is 1.70. The molecule has 0 fully saturated rings. The molecule has 2 aromatic heterocycles. The Morgan fingerprint density at radius 2 is 2.10 bits per heavy atom. The third kappa shape index (κ3) is 1.81. The molecular weight excluding hydrogens is 253 g/mol. The van der Waals surface area contributed by atoms with Crippen LogP contribution < -0.4 is 14.9 Å². The Kier molecular flexibility index (Phi) is 2.42. The fourth-order valence-corrected chi connectivity index (χ4v) is 2.24. The first-order valence-corrected chi connectivity index (χ1v) is 6.29. The lowest BCUT2D eigenvalue weighted by Crippen LogP contribution is -2.22. The second-order valence-corrected chi connectivity index (χ2v) is 4.63. The van der Waals surface area contributed by atoms with Gasteiger partial charge in [-0.05, 0) is 18.2 Å². The summed E-state index contributed by atoms with van der Waals surface area (Å²) < 4.78 is 11.6. The zero-order chi connectivity index (χ0) is 13.5. The molecule has 4 rings (SSSR count). The predicted molar refractivity (Wildman–Crippen MR) is 74.6 cm³/mol. The van der Waals surface area contributed by atoms with Gasteiger partial charge in [0.15, 0.2) is 29.1 Å². The SMILES string of the molecule is [B]c1cnc2nc(C3COc4ccccc4O3)[nH]c2c1. The van der Waals surface area contributed by atoms with Crippen molar-refractivity contribution in [3.8, 4) is 11.5 Å². The molecule has 1 N–H and O–H groups in total. The number of aromatic amines is 1. The Labute approximate surface area is 116 Å². The van der Waals surface area contributed by atoms with E-state index in [1.807, 2.05) is 24.3 Å². The summed E-state index contributed by atoms with van der Waals surface area (Å²) in [5, 5.41) is 0. The van der Waals surface area contributed by atoms with Gasteiger partial charge in [0.05, 0.1) is 5.52 Å². The largest absolute Gasteiger partial charge is 0.485 e. The molecule has 0 bridgehead atoms. The topological polar surface area (TPSA) is 60.0 Å². The number of para-hydroxylation sites is 2. The third-order valence-corrected chi connectivity index (χ3v) is 3.19. The maximum absolute atomic E-state index is 5.90. The van der Waals surface area contributed by atoms with E-state index in [0.29, 0.717) is 23.5 Å². The number of imidazole rings is 1. The van der Waals surface area contributed by atoms with Crippen LogP contribution in [-0.2, 0) is 0 Å². The smallest absolute Gasteiger partial charge is 0.190 e. The Hall–Kier alpha value is -2.50. The number of nitrogens with zero attached hydrogens (tertiary/aromatic N) is 2. The fraction of sp³-hybridized carbons (Fsp3) is 0.143. The molecule has 0 saturated heterocycles. The number of H-pyrrole nitrogens is 1. The van der Waals surface area contributed by atoms with Crippen LogP contribution >= 0.6 is 0 Å². The van der Waals surface area contributed by atoms with E-state index >= 15 is 0 Å². The van der Waals surface area contributed by atoms with Crippen LogP contribution in [0.2, 0.25) is 0 Å². The zero-order valence-electron chi connectivity index (χ0n) is 10.5. The van der Waals surface area contributed by atoms with Crippen LogP contribution in [0.5, 0.6) is 11.5 Å². The van der Waals surface area contributed by atoms with Crippen molar-refractivity contribution in [2.24, 2.45) is 0 Å². The van der Waals surface area contributed by atoms with Gasteiger partial charge in [-0.25, -0.2) is 9.97 Å². The van der Waals surface area contributed by atoms with E-state index in [0.717, 1.165) is 17.0 Å². The number of fused-ring (bicyclic) bond motifs is 2. The molecule has 3 heterocycles. The van der Waals surface area contributed by atoms with E-state index in [1.165, 1.54) is 0 Å². The molecule has 0 spiro atoms. The number of rotatable bonds is 1. The van der Waals surface area contributed by atoms with E-state index in [-0.39, 0.29) is 6.10 Å². The molecule has 1 aliphatic rings. The fourth-order valence-electron chi connectivity index (χ4n) is 2.24. The van der Waals surface area contributed by atoms with Crippen molar-refractivity contribution < 1.29 is 9.47 Å². The van der Waals surface area contributed by atoms with Gasteiger partial charge < -0.3 is 14.5 Å². The van der Waals surface area contributed by atoms with Crippen molar-refractivity contribution in [3.63, 3.8) is 0 Å². The van der Waals surface area contributed by atoms with Gasteiger partial charge in [0.25, 0.3) is 0 Å². The van der Waals surface area contributed by atoms with Crippen molar-refractivity contribution in [2.45, 2.75) is 6.10 Å². The van der Waals surface area contributed by atoms with Gasteiger partial charge in [-0.15, -0.1) is 0 Å². The minimum atomic E-state index is -0.277. The van der Waals surface area contributed by atoms with Gasteiger partial charge in [0.2, 0.25) is 0 Å². The number of nitrogens with one attached hydrogen (secondary N) is 1. The number of benzene rings is 1. The molecule has 6 heteroatoms. The average molecular weight is 263 g/mol. The molecule has 3 aromatic rings. The molecule has 96 valence electrons. The van der Waals surface area contributed by atoms with Gasteiger partial charge in [0, 0.05) is 6.20 Å². The first-order chi connectivity index (χ1) is 9.79. The molecule has 1 aromatic carbocycles.